The molecule has 0 aliphatic heterocycles. The molecule has 1 N–H and O–H groups in total. The second-order valence-corrected chi connectivity index (χ2v) is 6.11. The lowest BCUT2D eigenvalue weighted by Crippen LogP contribution is -2.14. The Morgan fingerprint density at radius 2 is 1.32 bits per heavy atom. The van der Waals surface area contributed by atoms with Gasteiger partial charge in [-0.3, -0.25) is 4.79 Å². The molecule has 0 bridgehead atoms. The Morgan fingerprint density at radius 1 is 0.750 bits per heavy atom. The number of carbonyl (C=O) groups is 1. The molecule has 28 heavy (non-hydrogen) atoms. The average Bonchev–Trinajstić information content (AvgIpc) is 2.73. The molecule has 0 unspecified atom stereocenters. The summed E-state index contributed by atoms with van der Waals surface area (Å²) in [5.41, 5.74) is 1.66. The summed E-state index contributed by atoms with van der Waals surface area (Å²) < 4.78 is 16.4. The summed E-state index contributed by atoms with van der Waals surface area (Å²) in [6.45, 7) is 0.905. The topological polar surface area (TPSA) is 56.8 Å². The van der Waals surface area contributed by atoms with Crippen molar-refractivity contribution in [2.24, 2.45) is 0 Å². The Labute approximate surface area is 164 Å². The van der Waals surface area contributed by atoms with Gasteiger partial charge in [-0.25, -0.2) is 0 Å². The van der Waals surface area contributed by atoms with Gasteiger partial charge in [-0.1, -0.05) is 30.3 Å². The van der Waals surface area contributed by atoms with Gasteiger partial charge in [0, 0.05) is 5.69 Å². The molecule has 144 valence electrons. The van der Waals surface area contributed by atoms with Gasteiger partial charge in [-0.05, 0) is 54.1 Å². The van der Waals surface area contributed by atoms with E-state index in [4.69, 9.17) is 14.2 Å². The van der Waals surface area contributed by atoms with Crippen LogP contribution in [0.4, 0.5) is 5.69 Å². The van der Waals surface area contributed by atoms with Crippen LogP contribution in [0, 0.1) is 0 Å². The number of hydrogen-bond donors (Lipinski definition) is 1. The number of hydrogen-bond acceptors (Lipinski definition) is 4. The Bertz CT molecular complexity index is 861. The zero-order valence-corrected chi connectivity index (χ0v) is 15.8. The van der Waals surface area contributed by atoms with Crippen LogP contribution in [0.5, 0.6) is 17.2 Å². The van der Waals surface area contributed by atoms with Gasteiger partial charge in [0.25, 0.3) is 0 Å². The third kappa shape index (κ3) is 6.06. The van der Waals surface area contributed by atoms with Crippen molar-refractivity contribution >= 4 is 11.6 Å². The average molecular weight is 377 g/mol. The van der Waals surface area contributed by atoms with Crippen LogP contribution in [0.25, 0.3) is 0 Å². The highest BCUT2D eigenvalue weighted by Crippen LogP contribution is 2.17. The number of anilines is 1. The molecule has 5 heteroatoms. The summed E-state index contributed by atoms with van der Waals surface area (Å²) >= 11 is 0. The number of nitrogens with one attached hydrogen (secondary N) is 1. The van der Waals surface area contributed by atoms with E-state index in [0.29, 0.717) is 19.6 Å². The van der Waals surface area contributed by atoms with Gasteiger partial charge in [0.1, 0.15) is 30.5 Å². The van der Waals surface area contributed by atoms with E-state index < -0.39 is 0 Å². The second kappa shape index (κ2) is 10.0. The minimum absolute atomic E-state index is 0.0740. The van der Waals surface area contributed by atoms with E-state index in [1.165, 1.54) is 0 Å². The van der Waals surface area contributed by atoms with Crippen LogP contribution in [-0.2, 0) is 11.2 Å². The number of para-hydroxylation sites is 1. The minimum Gasteiger partial charge on any atom is -0.497 e. The summed E-state index contributed by atoms with van der Waals surface area (Å²) in [6, 6.07) is 24.4. The summed E-state index contributed by atoms with van der Waals surface area (Å²) in [7, 11) is 1.62. The van der Waals surface area contributed by atoms with Gasteiger partial charge >= 0.3 is 0 Å². The van der Waals surface area contributed by atoms with Gasteiger partial charge in [0.2, 0.25) is 5.91 Å². The lowest BCUT2D eigenvalue weighted by Gasteiger charge is -2.10. The quantitative estimate of drug-likeness (QED) is 0.564. The van der Waals surface area contributed by atoms with Crippen molar-refractivity contribution < 1.29 is 19.0 Å². The van der Waals surface area contributed by atoms with Gasteiger partial charge in [-0.2, -0.15) is 0 Å². The van der Waals surface area contributed by atoms with Gasteiger partial charge in [0.15, 0.2) is 0 Å². The molecule has 0 aromatic heterocycles. The number of amides is 1. The molecule has 5 nitrogen and oxygen atoms in total. The number of benzene rings is 3. The Hall–Kier alpha value is -3.47. The van der Waals surface area contributed by atoms with Crippen LogP contribution in [0.1, 0.15) is 5.56 Å². The van der Waals surface area contributed by atoms with E-state index in [0.717, 1.165) is 28.5 Å². The van der Waals surface area contributed by atoms with E-state index in [-0.39, 0.29) is 5.91 Å². The highest BCUT2D eigenvalue weighted by molar-refractivity contribution is 5.92. The Balaban J connectivity index is 1.41. The molecule has 0 saturated heterocycles. The Kier molecular flexibility index (Phi) is 6.90. The zero-order valence-electron chi connectivity index (χ0n) is 15.8. The van der Waals surface area contributed by atoms with Crippen molar-refractivity contribution in [1.82, 2.24) is 0 Å². The first-order valence-electron chi connectivity index (χ1n) is 9.06. The molecule has 0 heterocycles. The maximum atomic E-state index is 12.2. The molecule has 0 aliphatic carbocycles. The van der Waals surface area contributed by atoms with E-state index in [2.05, 4.69) is 5.32 Å². The first-order chi connectivity index (χ1) is 13.7. The molecular weight excluding hydrogens is 354 g/mol. The largest absolute Gasteiger partial charge is 0.497 e. The minimum atomic E-state index is -0.0740. The maximum Gasteiger partial charge on any atom is 0.228 e. The SMILES string of the molecule is COc1ccc(CC(=O)Nc2ccc(OCCOc3ccccc3)cc2)cc1. The first kappa shape index (κ1) is 19.3. The van der Waals surface area contributed by atoms with Crippen molar-refractivity contribution in [3.8, 4) is 17.2 Å². The molecule has 3 rings (SSSR count). The third-order valence-corrected chi connectivity index (χ3v) is 4.03. The Morgan fingerprint density at radius 3 is 1.93 bits per heavy atom. The molecular formula is C23H23NO4. The smallest absolute Gasteiger partial charge is 0.228 e. The van der Waals surface area contributed by atoms with Crippen molar-refractivity contribution in [3.05, 3.63) is 84.4 Å². The first-order valence-corrected chi connectivity index (χ1v) is 9.06. The van der Waals surface area contributed by atoms with E-state index in [9.17, 15) is 4.79 Å². The van der Waals surface area contributed by atoms with Crippen molar-refractivity contribution in [2.45, 2.75) is 6.42 Å². The monoisotopic (exact) mass is 377 g/mol. The highest BCUT2D eigenvalue weighted by Gasteiger charge is 2.05. The number of rotatable bonds is 9. The van der Waals surface area contributed by atoms with E-state index in [1.54, 1.807) is 7.11 Å². The fourth-order valence-corrected chi connectivity index (χ4v) is 2.60. The van der Waals surface area contributed by atoms with Crippen molar-refractivity contribution in [3.63, 3.8) is 0 Å². The predicted octanol–water partition coefficient (Wildman–Crippen LogP) is 4.33. The van der Waals surface area contributed by atoms with Gasteiger partial charge in [-0.15, -0.1) is 0 Å². The van der Waals surface area contributed by atoms with Crippen molar-refractivity contribution in [1.29, 1.82) is 0 Å². The fraction of sp³-hybridized carbons (Fsp3) is 0.174. The zero-order chi connectivity index (χ0) is 19.6. The lowest BCUT2D eigenvalue weighted by atomic mass is 10.1. The molecule has 0 saturated carbocycles. The van der Waals surface area contributed by atoms with Crippen LogP contribution < -0.4 is 19.5 Å². The van der Waals surface area contributed by atoms with Gasteiger partial charge in [0.05, 0.1) is 13.5 Å². The molecule has 0 aliphatic rings. The summed E-state index contributed by atoms with van der Waals surface area (Å²) in [5, 5.41) is 2.88. The van der Waals surface area contributed by atoms with E-state index >= 15 is 0 Å². The van der Waals surface area contributed by atoms with Crippen molar-refractivity contribution in [2.75, 3.05) is 25.6 Å². The molecule has 3 aromatic carbocycles. The molecule has 0 radical (unpaired) electrons. The normalized spacial score (nSPS) is 10.2. The number of methoxy groups -OCH3 is 1. The van der Waals surface area contributed by atoms with Crippen LogP contribution in [0.15, 0.2) is 78.9 Å². The third-order valence-electron chi connectivity index (χ3n) is 4.03. The molecule has 3 aromatic rings. The standard InChI is InChI=1S/C23H23NO4/c1-26-20-11-7-18(8-12-20)17-23(25)24-19-9-13-22(14-10-19)28-16-15-27-21-5-3-2-4-6-21/h2-14H,15-17H2,1H3,(H,24,25). The highest BCUT2D eigenvalue weighted by atomic mass is 16.5. The second-order valence-electron chi connectivity index (χ2n) is 6.11. The molecule has 1 amide bonds. The summed E-state index contributed by atoms with van der Waals surface area (Å²) in [4.78, 5) is 12.2. The van der Waals surface area contributed by atoms with Crippen LogP contribution >= 0.6 is 0 Å². The fourth-order valence-electron chi connectivity index (χ4n) is 2.60. The van der Waals surface area contributed by atoms with Crippen LogP contribution in [-0.4, -0.2) is 26.2 Å². The summed E-state index contributed by atoms with van der Waals surface area (Å²) in [5.74, 6) is 2.25. The number of ether oxygens (including phenoxy) is 3. The molecule has 0 atom stereocenters. The van der Waals surface area contributed by atoms with Crippen LogP contribution in [0.3, 0.4) is 0 Å². The molecule has 0 fully saturated rings. The van der Waals surface area contributed by atoms with Gasteiger partial charge < -0.3 is 19.5 Å². The predicted molar refractivity (Wildman–Crippen MR) is 109 cm³/mol. The molecule has 0 spiro atoms. The lowest BCUT2D eigenvalue weighted by molar-refractivity contribution is -0.115. The van der Waals surface area contributed by atoms with E-state index in [1.807, 2.05) is 78.9 Å². The summed E-state index contributed by atoms with van der Waals surface area (Å²) in [6.07, 6.45) is 0.305. The van der Waals surface area contributed by atoms with Crippen LogP contribution in [0.2, 0.25) is 0 Å². The number of carbonyl (C=O) groups excluding carboxylic acids is 1. The maximum absolute atomic E-state index is 12.2.